The molecule has 34 heavy (non-hydrogen) atoms. The molecule has 7 nitrogen and oxygen atoms in total. The zero-order chi connectivity index (χ0) is 24.6. The van der Waals surface area contributed by atoms with Crippen LogP contribution in [0.4, 0.5) is 0 Å². The molecule has 2 aliphatic rings. The lowest BCUT2D eigenvalue weighted by Gasteiger charge is -2.18. The Balaban J connectivity index is 1.82. The van der Waals surface area contributed by atoms with Gasteiger partial charge in [0.2, 0.25) is 0 Å². The highest BCUT2D eigenvalue weighted by atomic mass is 32.2. The summed E-state index contributed by atoms with van der Waals surface area (Å²) in [5, 5.41) is 11.2. The third kappa shape index (κ3) is 4.37. The number of rotatable bonds is 7. The zero-order valence-electron chi connectivity index (χ0n) is 19.1. The van der Waals surface area contributed by atoms with E-state index in [9.17, 15) is 23.1 Å². The van der Waals surface area contributed by atoms with Crippen LogP contribution in [0.25, 0.3) is 6.08 Å². The van der Waals surface area contributed by atoms with E-state index < -0.39 is 28.0 Å². The first-order chi connectivity index (χ1) is 16.1. The van der Waals surface area contributed by atoms with E-state index in [1.165, 1.54) is 12.1 Å². The van der Waals surface area contributed by atoms with Gasteiger partial charge in [-0.1, -0.05) is 42.0 Å². The average molecular weight is 482 g/mol. The molecule has 8 heteroatoms. The SMILES string of the molecule is C=Cc1c(C)c2c(c(OS(=O)(=O)c3ccc(C)cc3)c1C/C=C1\CCC(C(=O)[O-])C1)C(=O)OC2. The van der Waals surface area contributed by atoms with Crippen LogP contribution in [-0.4, -0.2) is 20.4 Å². The summed E-state index contributed by atoms with van der Waals surface area (Å²) < 4.78 is 37.1. The summed E-state index contributed by atoms with van der Waals surface area (Å²) in [6, 6.07) is 6.23. The highest BCUT2D eigenvalue weighted by molar-refractivity contribution is 7.87. The van der Waals surface area contributed by atoms with Gasteiger partial charge in [0.05, 0.1) is 0 Å². The number of ether oxygens (including phenoxy) is 1. The first-order valence-electron chi connectivity index (χ1n) is 11.0. The fourth-order valence-corrected chi connectivity index (χ4v) is 5.51. The molecule has 2 aromatic rings. The van der Waals surface area contributed by atoms with Gasteiger partial charge in [0.1, 0.15) is 17.1 Å². The van der Waals surface area contributed by atoms with Crippen LogP contribution in [0, 0.1) is 19.8 Å². The van der Waals surface area contributed by atoms with Gasteiger partial charge in [0.15, 0.2) is 5.75 Å². The Morgan fingerprint density at radius 3 is 2.59 bits per heavy atom. The van der Waals surface area contributed by atoms with Crippen LogP contribution < -0.4 is 9.29 Å². The fourth-order valence-electron chi connectivity index (χ4n) is 4.54. The fraction of sp³-hybridized carbons (Fsp3) is 0.308. The van der Waals surface area contributed by atoms with Crippen molar-refractivity contribution in [1.82, 2.24) is 0 Å². The van der Waals surface area contributed by atoms with Crippen molar-refractivity contribution in [2.45, 2.75) is 51.0 Å². The van der Waals surface area contributed by atoms with Crippen LogP contribution in [0.5, 0.6) is 5.75 Å². The standard InChI is InChI=1S/C26H26O7S/c1-4-20-16(3)22-14-32-26(29)23(22)24(33-34(30,31)19-10-5-15(2)6-11-19)21(20)12-8-17-7-9-18(13-17)25(27)28/h4-6,8,10-11,18H,1,7,9,12-14H2,2-3H3,(H,27,28)/p-1/b17-8+. The number of hydrogen-bond acceptors (Lipinski definition) is 7. The highest BCUT2D eigenvalue weighted by Crippen LogP contribution is 2.41. The third-order valence-electron chi connectivity index (χ3n) is 6.49. The van der Waals surface area contributed by atoms with E-state index in [4.69, 9.17) is 8.92 Å². The number of cyclic esters (lactones) is 1. The van der Waals surface area contributed by atoms with Gasteiger partial charge in [0.25, 0.3) is 0 Å². The van der Waals surface area contributed by atoms with Crippen molar-refractivity contribution in [3.05, 3.63) is 75.9 Å². The Labute approximate surface area is 198 Å². The second kappa shape index (κ2) is 9.10. The Morgan fingerprint density at radius 2 is 1.97 bits per heavy atom. The number of fused-ring (bicyclic) bond motifs is 1. The second-order valence-corrected chi connectivity index (χ2v) is 10.2. The number of carboxylic acids is 1. The zero-order valence-corrected chi connectivity index (χ0v) is 19.9. The Kier molecular flexibility index (Phi) is 6.36. The number of hydrogen-bond donors (Lipinski definition) is 0. The van der Waals surface area contributed by atoms with Gasteiger partial charge in [-0.05, 0) is 62.8 Å². The molecule has 0 amide bonds. The summed E-state index contributed by atoms with van der Waals surface area (Å²) in [6.45, 7) is 7.58. The number of aryl methyl sites for hydroxylation is 1. The summed E-state index contributed by atoms with van der Waals surface area (Å²) in [4.78, 5) is 23.8. The van der Waals surface area contributed by atoms with E-state index in [-0.39, 0.29) is 29.2 Å². The molecule has 0 radical (unpaired) electrons. The molecule has 0 spiro atoms. The number of allylic oxidation sites excluding steroid dienone is 2. The first-order valence-corrected chi connectivity index (χ1v) is 12.4. The average Bonchev–Trinajstić information content (AvgIpc) is 3.42. The minimum atomic E-state index is -4.24. The molecule has 0 saturated heterocycles. The molecular weight excluding hydrogens is 456 g/mol. The highest BCUT2D eigenvalue weighted by Gasteiger charge is 2.34. The number of carboxylic acid groups (broad SMARTS) is 1. The van der Waals surface area contributed by atoms with Crippen molar-refractivity contribution in [2.75, 3.05) is 0 Å². The summed E-state index contributed by atoms with van der Waals surface area (Å²) >= 11 is 0. The molecule has 4 rings (SSSR count). The van der Waals surface area contributed by atoms with Crippen LogP contribution in [0.2, 0.25) is 0 Å². The minimum Gasteiger partial charge on any atom is -0.550 e. The number of carbonyl (C=O) groups excluding carboxylic acids is 2. The molecule has 1 saturated carbocycles. The maximum Gasteiger partial charge on any atom is 0.342 e. The summed E-state index contributed by atoms with van der Waals surface area (Å²) in [7, 11) is -4.24. The van der Waals surface area contributed by atoms with Crippen molar-refractivity contribution in [1.29, 1.82) is 0 Å². The quantitative estimate of drug-likeness (QED) is 0.339. The largest absolute Gasteiger partial charge is 0.550 e. The van der Waals surface area contributed by atoms with Crippen LogP contribution >= 0.6 is 0 Å². The molecule has 2 aromatic carbocycles. The van der Waals surface area contributed by atoms with Crippen molar-refractivity contribution >= 4 is 28.1 Å². The third-order valence-corrected chi connectivity index (χ3v) is 7.73. The van der Waals surface area contributed by atoms with E-state index in [2.05, 4.69) is 6.58 Å². The summed E-state index contributed by atoms with van der Waals surface area (Å²) in [6.07, 6.45) is 5.24. The summed E-state index contributed by atoms with van der Waals surface area (Å²) in [5.74, 6) is -2.31. The molecule has 1 atom stereocenters. The monoisotopic (exact) mass is 481 g/mol. The molecular formula is C26H25O7S-. The van der Waals surface area contributed by atoms with Crippen LogP contribution in [0.3, 0.4) is 0 Å². The van der Waals surface area contributed by atoms with Crippen LogP contribution in [0.15, 0.2) is 47.4 Å². The Bertz CT molecular complexity index is 1320. The second-order valence-electron chi connectivity index (χ2n) is 8.66. The van der Waals surface area contributed by atoms with E-state index in [0.717, 1.165) is 16.7 Å². The molecule has 1 heterocycles. The van der Waals surface area contributed by atoms with E-state index in [0.29, 0.717) is 36.0 Å². The normalized spacial score (nSPS) is 18.6. The predicted molar refractivity (Wildman–Crippen MR) is 124 cm³/mol. The number of carbonyl (C=O) groups is 2. The Morgan fingerprint density at radius 1 is 1.26 bits per heavy atom. The van der Waals surface area contributed by atoms with E-state index >= 15 is 0 Å². The molecule has 0 bridgehead atoms. The van der Waals surface area contributed by atoms with Gasteiger partial charge in [-0.15, -0.1) is 0 Å². The Hall–Kier alpha value is -3.39. The first kappa shape index (κ1) is 23.8. The molecule has 1 aliphatic heterocycles. The summed E-state index contributed by atoms with van der Waals surface area (Å²) in [5.41, 5.74) is 4.43. The molecule has 0 N–H and O–H groups in total. The van der Waals surface area contributed by atoms with Crippen molar-refractivity contribution in [2.24, 2.45) is 5.92 Å². The maximum absolute atomic E-state index is 13.1. The molecule has 1 aliphatic carbocycles. The topological polar surface area (TPSA) is 110 Å². The van der Waals surface area contributed by atoms with Gasteiger partial charge in [0, 0.05) is 23.0 Å². The predicted octanol–water partition coefficient (Wildman–Crippen LogP) is 3.40. The van der Waals surface area contributed by atoms with Crippen molar-refractivity contribution < 1.29 is 32.0 Å². The minimum absolute atomic E-state index is 0.0242. The lowest BCUT2D eigenvalue weighted by Crippen LogP contribution is -2.29. The lowest BCUT2D eigenvalue weighted by atomic mass is 9.90. The van der Waals surface area contributed by atoms with E-state index in [1.54, 1.807) is 18.2 Å². The van der Waals surface area contributed by atoms with Gasteiger partial charge < -0.3 is 18.8 Å². The maximum atomic E-state index is 13.1. The molecule has 0 aromatic heterocycles. The number of aliphatic carboxylic acids is 1. The van der Waals surface area contributed by atoms with Crippen LogP contribution in [-0.2, 0) is 32.7 Å². The number of esters is 1. The smallest absolute Gasteiger partial charge is 0.342 e. The molecule has 1 fully saturated rings. The lowest BCUT2D eigenvalue weighted by molar-refractivity contribution is -0.311. The molecule has 178 valence electrons. The van der Waals surface area contributed by atoms with Crippen molar-refractivity contribution in [3.8, 4) is 5.75 Å². The van der Waals surface area contributed by atoms with Gasteiger partial charge in [-0.3, -0.25) is 0 Å². The molecule has 1 unspecified atom stereocenters. The van der Waals surface area contributed by atoms with Gasteiger partial charge in [-0.2, -0.15) is 8.42 Å². The van der Waals surface area contributed by atoms with Crippen LogP contribution in [0.1, 0.15) is 57.4 Å². The van der Waals surface area contributed by atoms with Gasteiger partial charge in [-0.25, -0.2) is 4.79 Å². The van der Waals surface area contributed by atoms with E-state index in [1.807, 2.05) is 19.9 Å². The van der Waals surface area contributed by atoms with Gasteiger partial charge >= 0.3 is 16.1 Å². The number of benzene rings is 2. The van der Waals surface area contributed by atoms with Crippen molar-refractivity contribution in [3.63, 3.8) is 0 Å².